The maximum Gasteiger partial charge on any atom is 0.265 e. The molecule has 3 amide bonds. The van der Waals surface area contributed by atoms with E-state index in [1.807, 2.05) is 17.0 Å². The van der Waals surface area contributed by atoms with Gasteiger partial charge >= 0.3 is 0 Å². The SMILES string of the molecule is CC1Oc2ccc(NC(=O)c3ccc(CN4CCCC4=O)cc3)cc2NC1=O. The van der Waals surface area contributed by atoms with Crippen molar-refractivity contribution in [3.8, 4) is 5.75 Å². The van der Waals surface area contributed by atoms with Crippen LogP contribution >= 0.6 is 0 Å². The van der Waals surface area contributed by atoms with Gasteiger partial charge in [-0.25, -0.2) is 0 Å². The van der Waals surface area contributed by atoms with Crippen LogP contribution in [-0.2, 0) is 16.1 Å². The highest BCUT2D eigenvalue weighted by atomic mass is 16.5. The van der Waals surface area contributed by atoms with Gasteiger partial charge in [0.2, 0.25) is 5.91 Å². The zero-order chi connectivity index (χ0) is 19.7. The predicted octanol–water partition coefficient (Wildman–Crippen LogP) is 2.78. The Morgan fingerprint density at radius 2 is 2.00 bits per heavy atom. The Morgan fingerprint density at radius 3 is 2.71 bits per heavy atom. The monoisotopic (exact) mass is 379 g/mol. The van der Waals surface area contributed by atoms with E-state index in [-0.39, 0.29) is 17.7 Å². The molecular formula is C21H21N3O4. The Bertz CT molecular complexity index is 939. The molecule has 2 aromatic carbocycles. The van der Waals surface area contributed by atoms with Gasteiger partial charge in [0.1, 0.15) is 5.75 Å². The summed E-state index contributed by atoms with van der Waals surface area (Å²) in [6.07, 6.45) is 0.984. The van der Waals surface area contributed by atoms with Crippen LogP contribution in [0.2, 0.25) is 0 Å². The number of carbonyl (C=O) groups is 3. The van der Waals surface area contributed by atoms with Crippen molar-refractivity contribution in [3.63, 3.8) is 0 Å². The summed E-state index contributed by atoms with van der Waals surface area (Å²) in [6, 6.07) is 12.3. The molecule has 0 bridgehead atoms. The molecule has 4 rings (SSSR count). The summed E-state index contributed by atoms with van der Waals surface area (Å²) < 4.78 is 5.51. The van der Waals surface area contributed by atoms with Crippen molar-refractivity contribution in [1.29, 1.82) is 0 Å². The highest BCUT2D eigenvalue weighted by Crippen LogP contribution is 2.32. The Kier molecular flexibility index (Phi) is 4.73. The van der Waals surface area contributed by atoms with Gasteiger partial charge in [-0.1, -0.05) is 12.1 Å². The summed E-state index contributed by atoms with van der Waals surface area (Å²) in [4.78, 5) is 37.8. The molecule has 7 nitrogen and oxygen atoms in total. The van der Waals surface area contributed by atoms with Gasteiger partial charge in [0, 0.05) is 30.8 Å². The van der Waals surface area contributed by atoms with E-state index < -0.39 is 6.10 Å². The number of likely N-dealkylation sites (tertiary alicyclic amines) is 1. The summed E-state index contributed by atoms with van der Waals surface area (Å²) >= 11 is 0. The first-order valence-electron chi connectivity index (χ1n) is 9.29. The average Bonchev–Trinajstić information content (AvgIpc) is 3.08. The largest absolute Gasteiger partial charge is 0.479 e. The van der Waals surface area contributed by atoms with Crippen molar-refractivity contribution >= 4 is 29.1 Å². The van der Waals surface area contributed by atoms with Crippen molar-refractivity contribution in [1.82, 2.24) is 4.90 Å². The zero-order valence-electron chi connectivity index (χ0n) is 15.5. The lowest BCUT2D eigenvalue weighted by Crippen LogP contribution is -2.34. The average molecular weight is 379 g/mol. The fourth-order valence-corrected chi connectivity index (χ4v) is 3.34. The molecule has 0 aliphatic carbocycles. The maximum atomic E-state index is 12.5. The van der Waals surface area contributed by atoms with Gasteiger partial charge < -0.3 is 20.3 Å². The number of anilines is 2. The minimum atomic E-state index is -0.540. The number of hydrogen-bond acceptors (Lipinski definition) is 4. The van der Waals surface area contributed by atoms with Crippen LogP contribution in [0.15, 0.2) is 42.5 Å². The highest BCUT2D eigenvalue weighted by Gasteiger charge is 2.24. The molecular weight excluding hydrogens is 358 g/mol. The Balaban J connectivity index is 1.42. The van der Waals surface area contributed by atoms with Crippen LogP contribution < -0.4 is 15.4 Å². The van der Waals surface area contributed by atoms with E-state index in [1.165, 1.54) is 0 Å². The lowest BCUT2D eigenvalue weighted by atomic mass is 10.1. The van der Waals surface area contributed by atoms with E-state index in [0.717, 1.165) is 18.5 Å². The van der Waals surface area contributed by atoms with Gasteiger partial charge in [-0.3, -0.25) is 14.4 Å². The molecule has 0 radical (unpaired) electrons. The third kappa shape index (κ3) is 3.69. The molecule has 7 heteroatoms. The van der Waals surface area contributed by atoms with Gasteiger partial charge in [0.05, 0.1) is 5.69 Å². The van der Waals surface area contributed by atoms with Crippen molar-refractivity contribution in [2.75, 3.05) is 17.2 Å². The van der Waals surface area contributed by atoms with E-state index in [0.29, 0.717) is 35.7 Å². The van der Waals surface area contributed by atoms with Gasteiger partial charge in [-0.2, -0.15) is 0 Å². The number of hydrogen-bond donors (Lipinski definition) is 2. The van der Waals surface area contributed by atoms with Crippen LogP contribution in [0.5, 0.6) is 5.75 Å². The standard InChI is InChI=1S/C21H21N3O4/c1-13-20(26)23-17-11-16(8-9-18(17)28-13)22-21(27)15-6-4-14(5-7-15)12-24-10-2-3-19(24)25/h4-9,11,13H,2-3,10,12H2,1H3,(H,22,27)(H,23,26). The Hall–Kier alpha value is -3.35. The third-order valence-corrected chi connectivity index (χ3v) is 4.93. The van der Waals surface area contributed by atoms with E-state index >= 15 is 0 Å². The molecule has 1 unspecified atom stereocenters. The fraction of sp³-hybridized carbons (Fsp3) is 0.286. The molecule has 0 spiro atoms. The van der Waals surface area contributed by atoms with Crippen molar-refractivity contribution in [2.24, 2.45) is 0 Å². The third-order valence-electron chi connectivity index (χ3n) is 4.93. The molecule has 1 saturated heterocycles. The summed E-state index contributed by atoms with van der Waals surface area (Å²) in [6.45, 7) is 3.04. The quantitative estimate of drug-likeness (QED) is 0.855. The minimum absolute atomic E-state index is 0.180. The first-order valence-corrected chi connectivity index (χ1v) is 9.29. The van der Waals surface area contributed by atoms with Crippen LogP contribution in [0, 0.1) is 0 Å². The number of carbonyl (C=O) groups excluding carboxylic acids is 3. The van der Waals surface area contributed by atoms with Gasteiger partial charge in [0.15, 0.2) is 6.10 Å². The van der Waals surface area contributed by atoms with Crippen LogP contribution in [-0.4, -0.2) is 35.3 Å². The number of nitrogens with zero attached hydrogens (tertiary/aromatic N) is 1. The normalized spacial score (nSPS) is 18.3. The number of nitrogens with one attached hydrogen (secondary N) is 2. The molecule has 0 saturated carbocycles. The maximum absolute atomic E-state index is 12.5. The molecule has 2 N–H and O–H groups in total. The highest BCUT2D eigenvalue weighted by molar-refractivity contribution is 6.05. The summed E-state index contributed by atoms with van der Waals surface area (Å²) in [7, 11) is 0. The van der Waals surface area contributed by atoms with Crippen LogP contribution in [0.3, 0.4) is 0 Å². The van der Waals surface area contributed by atoms with Crippen LogP contribution in [0.4, 0.5) is 11.4 Å². The second-order valence-electron chi connectivity index (χ2n) is 7.03. The Morgan fingerprint density at radius 1 is 1.21 bits per heavy atom. The van der Waals surface area contributed by atoms with Crippen molar-refractivity contribution < 1.29 is 19.1 Å². The van der Waals surface area contributed by atoms with Crippen molar-refractivity contribution in [2.45, 2.75) is 32.4 Å². The van der Waals surface area contributed by atoms with E-state index in [4.69, 9.17) is 4.74 Å². The first kappa shape index (κ1) is 18.0. The van der Waals surface area contributed by atoms with Gasteiger partial charge in [0.25, 0.3) is 11.8 Å². The molecule has 1 fully saturated rings. The van der Waals surface area contributed by atoms with Gasteiger partial charge in [-0.05, 0) is 49.2 Å². The van der Waals surface area contributed by atoms with Crippen molar-refractivity contribution in [3.05, 3.63) is 53.6 Å². The van der Waals surface area contributed by atoms with E-state index in [2.05, 4.69) is 10.6 Å². The fourth-order valence-electron chi connectivity index (χ4n) is 3.34. The molecule has 2 aliphatic heterocycles. The first-order chi connectivity index (χ1) is 13.5. The minimum Gasteiger partial charge on any atom is -0.479 e. The second-order valence-corrected chi connectivity index (χ2v) is 7.03. The zero-order valence-corrected chi connectivity index (χ0v) is 15.5. The summed E-state index contributed by atoms with van der Waals surface area (Å²) in [5, 5.41) is 5.58. The van der Waals surface area contributed by atoms with Crippen LogP contribution in [0.1, 0.15) is 35.7 Å². The van der Waals surface area contributed by atoms with E-state index in [9.17, 15) is 14.4 Å². The number of rotatable bonds is 4. The molecule has 2 aromatic rings. The van der Waals surface area contributed by atoms with E-state index in [1.54, 1.807) is 37.3 Å². The van der Waals surface area contributed by atoms with Gasteiger partial charge in [-0.15, -0.1) is 0 Å². The molecule has 28 heavy (non-hydrogen) atoms. The molecule has 2 aliphatic rings. The smallest absolute Gasteiger partial charge is 0.265 e. The number of amides is 3. The molecule has 1 atom stereocenters. The molecule has 2 heterocycles. The number of ether oxygens (including phenoxy) is 1. The second kappa shape index (κ2) is 7.34. The Labute approximate surface area is 162 Å². The lowest BCUT2D eigenvalue weighted by molar-refractivity contribution is -0.128. The van der Waals surface area contributed by atoms with Crippen LogP contribution in [0.25, 0.3) is 0 Å². The lowest BCUT2D eigenvalue weighted by Gasteiger charge is -2.23. The number of fused-ring (bicyclic) bond motifs is 1. The predicted molar refractivity (Wildman–Crippen MR) is 104 cm³/mol. The molecule has 0 aromatic heterocycles. The summed E-state index contributed by atoms with van der Waals surface area (Å²) in [5.41, 5.74) is 2.61. The molecule has 144 valence electrons. The summed E-state index contributed by atoms with van der Waals surface area (Å²) in [5.74, 6) is 0.286. The number of benzene rings is 2. The topological polar surface area (TPSA) is 87.7 Å².